The Morgan fingerprint density at radius 1 is 1.36 bits per heavy atom. The van der Waals surface area contributed by atoms with Crippen molar-refractivity contribution in [1.29, 1.82) is 0 Å². The molecule has 1 aromatic carbocycles. The van der Waals surface area contributed by atoms with Crippen LogP contribution in [0.3, 0.4) is 0 Å². The zero-order valence-electron chi connectivity index (χ0n) is 12.5. The molecule has 1 unspecified atom stereocenters. The van der Waals surface area contributed by atoms with Gasteiger partial charge in [0.25, 0.3) is 0 Å². The molecule has 1 aromatic heterocycles. The molecule has 0 saturated heterocycles. The Morgan fingerprint density at radius 2 is 2.05 bits per heavy atom. The maximum atomic E-state index is 11.7. The van der Waals surface area contributed by atoms with Crippen LogP contribution in [0.25, 0.3) is 0 Å². The van der Waals surface area contributed by atoms with E-state index in [9.17, 15) is 9.90 Å². The minimum Gasteiger partial charge on any atom is -0.387 e. The molecule has 118 valence electrons. The molecule has 0 spiro atoms. The van der Waals surface area contributed by atoms with E-state index in [2.05, 4.69) is 15.7 Å². The zero-order valence-corrected chi connectivity index (χ0v) is 13.3. The van der Waals surface area contributed by atoms with Crippen LogP contribution in [-0.4, -0.2) is 27.5 Å². The van der Waals surface area contributed by atoms with E-state index < -0.39 is 6.10 Å². The van der Waals surface area contributed by atoms with Crippen molar-refractivity contribution in [2.45, 2.75) is 19.6 Å². The van der Waals surface area contributed by atoms with Crippen molar-refractivity contribution in [1.82, 2.24) is 20.4 Å². The molecule has 1 heterocycles. The van der Waals surface area contributed by atoms with Crippen LogP contribution in [0.4, 0.5) is 4.79 Å². The highest BCUT2D eigenvalue weighted by atomic mass is 35.5. The summed E-state index contributed by atoms with van der Waals surface area (Å²) in [4.78, 5) is 11.7. The van der Waals surface area contributed by atoms with Gasteiger partial charge in [0.2, 0.25) is 0 Å². The summed E-state index contributed by atoms with van der Waals surface area (Å²) in [5.74, 6) is 0. The molecule has 3 N–H and O–H groups in total. The van der Waals surface area contributed by atoms with E-state index in [1.807, 2.05) is 14.0 Å². The molecule has 2 aromatic rings. The lowest BCUT2D eigenvalue weighted by Gasteiger charge is -2.13. The Hall–Kier alpha value is -2.05. The third-order valence-electron chi connectivity index (χ3n) is 3.49. The molecule has 0 radical (unpaired) electrons. The van der Waals surface area contributed by atoms with Crippen LogP contribution in [-0.2, 0) is 13.6 Å². The van der Waals surface area contributed by atoms with E-state index in [0.29, 0.717) is 17.1 Å². The van der Waals surface area contributed by atoms with Crippen LogP contribution in [0.1, 0.15) is 22.9 Å². The second-order valence-electron chi connectivity index (χ2n) is 5.01. The average Bonchev–Trinajstić information content (AvgIpc) is 2.83. The molecule has 7 heteroatoms. The number of aliphatic hydroxyl groups is 1. The minimum atomic E-state index is -0.775. The highest BCUT2D eigenvalue weighted by Crippen LogP contribution is 2.15. The average molecular weight is 323 g/mol. The third kappa shape index (κ3) is 4.22. The molecule has 0 aliphatic carbocycles. The van der Waals surface area contributed by atoms with Gasteiger partial charge in [-0.15, -0.1) is 0 Å². The van der Waals surface area contributed by atoms with Crippen molar-refractivity contribution < 1.29 is 9.90 Å². The van der Waals surface area contributed by atoms with Crippen LogP contribution in [0.15, 0.2) is 30.5 Å². The number of halogens is 1. The number of carbonyl (C=O) groups is 1. The van der Waals surface area contributed by atoms with Crippen molar-refractivity contribution in [2.24, 2.45) is 7.05 Å². The second kappa shape index (κ2) is 7.29. The Balaban J connectivity index is 1.77. The summed E-state index contributed by atoms with van der Waals surface area (Å²) in [6.45, 7) is 2.45. The van der Waals surface area contributed by atoms with E-state index in [0.717, 1.165) is 11.3 Å². The predicted octanol–water partition coefficient (Wildman–Crippen LogP) is 1.91. The quantitative estimate of drug-likeness (QED) is 0.787. The van der Waals surface area contributed by atoms with Gasteiger partial charge in [0.15, 0.2) is 0 Å². The number of benzene rings is 1. The maximum Gasteiger partial charge on any atom is 0.315 e. The number of amides is 2. The van der Waals surface area contributed by atoms with Gasteiger partial charge >= 0.3 is 6.03 Å². The first-order chi connectivity index (χ1) is 10.5. The molecule has 0 fully saturated rings. The fourth-order valence-corrected chi connectivity index (χ4v) is 2.07. The Bertz CT molecular complexity index is 639. The molecule has 1 atom stereocenters. The number of rotatable bonds is 5. The molecule has 0 bridgehead atoms. The van der Waals surface area contributed by atoms with Crippen molar-refractivity contribution in [3.8, 4) is 0 Å². The monoisotopic (exact) mass is 322 g/mol. The topological polar surface area (TPSA) is 79.2 Å². The van der Waals surface area contributed by atoms with E-state index in [4.69, 9.17) is 11.6 Å². The van der Waals surface area contributed by atoms with Crippen LogP contribution in [0.5, 0.6) is 0 Å². The van der Waals surface area contributed by atoms with Crippen molar-refractivity contribution in [3.05, 3.63) is 52.3 Å². The number of aromatic nitrogens is 2. The molecule has 2 rings (SSSR count). The lowest BCUT2D eigenvalue weighted by Crippen LogP contribution is -2.37. The SMILES string of the molecule is Cc1c(CNC(=O)NCC(O)c2ccc(Cl)cc2)cnn1C. The van der Waals surface area contributed by atoms with Crippen LogP contribution in [0.2, 0.25) is 5.02 Å². The van der Waals surface area contributed by atoms with E-state index >= 15 is 0 Å². The first kappa shape index (κ1) is 16.3. The fraction of sp³-hybridized carbons (Fsp3) is 0.333. The molecule has 0 saturated carbocycles. The maximum absolute atomic E-state index is 11.7. The Kier molecular flexibility index (Phi) is 5.41. The lowest BCUT2D eigenvalue weighted by molar-refractivity contribution is 0.173. The van der Waals surface area contributed by atoms with Crippen LogP contribution >= 0.6 is 11.6 Å². The van der Waals surface area contributed by atoms with Gasteiger partial charge in [-0.1, -0.05) is 23.7 Å². The smallest absolute Gasteiger partial charge is 0.315 e. The van der Waals surface area contributed by atoms with Crippen molar-refractivity contribution >= 4 is 17.6 Å². The molecule has 6 nitrogen and oxygen atoms in total. The highest BCUT2D eigenvalue weighted by Gasteiger charge is 2.10. The summed E-state index contributed by atoms with van der Waals surface area (Å²) in [6.07, 6.45) is 0.946. The summed E-state index contributed by atoms with van der Waals surface area (Å²) in [5.41, 5.74) is 2.66. The van der Waals surface area contributed by atoms with Crippen molar-refractivity contribution in [2.75, 3.05) is 6.54 Å². The number of nitrogens with one attached hydrogen (secondary N) is 2. The predicted molar refractivity (Wildman–Crippen MR) is 84.6 cm³/mol. The lowest BCUT2D eigenvalue weighted by atomic mass is 10.1. The van der Waals surface area contributed by atoms with Crippen LogP contribution in [0, 0.1) is 6.92 Å². The Labute approximate surface area is 134 Å². The van der Waals surface area contributed by atoms with Gasteiger partial charge in [0, 0.05) is 36.4 Å². The minimum absolute atomic E-state index is 0.124. The molecule has 0 aliphatic rings. The van der Waals surface area contributed by atoms with Crippen molar-refractivity contribution in [3.63, 3.8) is 0 Å². The van der Waals surface area contributed by atoms with Gasteiger partial charge < -0.3 is 15.7 Å². The number of carbonyl (C=O) groups excluding carboxylic acids is 1. The largest absolute Gasteiger partial charge is 0.387 e. The number of urea groups is 1. The van der Waals surface area contributed by atoms with E-state index in [-0.39, 0.29) is 12.6 Å². The number of hydrogen-bond donors (Lipinski definition) is 3. The van der Waals surface area contributed by atoms with E-state index in [1.54, 1.807) is 35.1 Å². The zero-order chi connectivity index (χ0) is 16.1. The summed E-state index contributed by atoms with van der Waals surface area (Å²) >= 11 is 5.79. The highest BCUT2D eigenvalue weighted by molar-refractivity contribution is 6.30. The number of aliphatic hydroxyl groups excluding tert-OH is 1. The number of nitrogens with zero attached hydrogens (tertiary/aromatic N) is 2. The standard InChI is InChI=1S/C15H19ClN4O2/c1-10-12(8-19-20(10)2)7-17-15(22)18-9-14(21)11-3-5-13(16)6-4-11/h3-6,8,14,21H,7,9H2,1-2H3,(H2,17,18,22). The molecular weight excluding hydrogens is 304 g/mol. The summed E-state index contributed by atoms with van der Waals surface area (Å²) < 4.78 is 1.75. The van der Waals surface area contributed by atoms with Gasteiger partial charge in [0.05, 0.1) is 12.3 Å². The first-order valence-electron chi connectivity index (χ1n) is 6.90. The second-order valence-corrected chi connectivity index (χ2v) is 5.45. The van der Waals surface area contributed by atoms with Gasteiger partial charge in [-0.05, 0) is 24.6 Å². The first-order valence-corrected chi connectivity index (χ1v) is 7.28. The third-order valence-corrected chi connectivity index (χ3v) is 3.74. The van der Waals surface area contributed by atoms with Gasteiger partial charge in [-0.2, -0.15) is 5.10 Å². The summed E-state index contributed by atoms with van der Waals surface area (Å²) in [5, 5.41) is 20.1. The molecule has 0 aliphatic heterocycles. The molecule has 2 amide bonds. The summed E-state index contributed by atoms with van der Waals surface area (Å²) in [7, 11) is 1.85. The Morgan fingerprint density at radius 3 is 2.64 bits per heavy atom. The molecular formula is C15H19ClN4O2. The fourth-order valence-electron chi connectivity index (χ4n) is 1.95. The number of hydrogen-bond acceptors (Lipinski definition) is 3. The van der Waals surface area contributed by atoms with Crippen LogP contribution < -0.4 is 10.6 Å². The van der Waals surface area contributed by atoms with Gasteiger partial charge in [-0.3, -0.25) is 4.68 Å². The molecule has 22 heavy (non-hydrogen) atoms. The van der Waals surface area contributed by atoms with Gasteiger partial charge in [0.1, 0.15) is 0 Å². The summed E-state index contributed by atoms with van der Waals surface area (Å²) in [6, 6.07) is 6.52. The normalized spacial score (nSPS) is 12.0. The van der Waals surface area contributed by atoms with Gasteiger partial charge in [-0.25, -0.2) is 4.79 Å². The number of aryl methyl sites for hydroxylation is 1. The van der Waals surface area contributed by atoms with E-state index in [1.165, 1.54) is 0 Å².